The van der Waals surface area contributed by atoms with Gasteiger partial charge >= 0.3 is 0 Å². The summed E-state index contributed by atoms with van der Waals surface area (Å²) in [5, 5.41) is 7.25. The highest BCUT2D eigenvalue weighted by Crippen LogP contribution is 2.29. The molecule has 1 saturated heterocycles. The largest absolute Gasteiger partial charge is 0.332 e. The number of fused-ring (bicyclic) bond motifs is 1. The summed E-state index contributed by atoms with van der Waals surface area (Å²) < 4.78 is 0. The highest BCUT2D eigenvalue weighted by atomic mass is 16.2. The van der Waals surface area contributed by atoms with Crippen LogP contribution in [0.3, 0.4) is 0 Å². The Morgan fingerprint density at radius 1 is 1.25 bits per heavy atom. The van der Waals surface area contributed by atoms with Gasteiger partial charge in [0, 0.05) is 42.4 Å². The number of likely N-dealkylation sites (tertiary alicyclic amines) is 1. The third-order valence-electron chi connectivity index (χ3n) is 5.91. The van der Waals surface area contributed by atoms with Crippen molar-refractivity contribution in [2.24, 2.45) is 0 Å². The topological polar surface area (TPSA) is 78.0 Å². The van der Waals surface area contributed by atoms with Gasteiger partial charge in [0.05, 0.1) is 11.7 Å². The van der Waals surface area contributed by atoms with Crippen molar-refractivity contribution in [2.45, 2.75) is 64.5 Å². The molecular formula is C21H30N6O. The van der Waals surface area contributed by atoms with Crippen molar-refractivity contribution in [3.05, 3.63) is 40.7 Å². The van der Waals surface area contributed by atoms with Crippen LogP contribution in [-0.4, -0.2) is 56.0 Å². The molecular weight excluding hydrogens is 352 g/mol. The van der Waals surface area contributed by atoms with Crippen molar-refractivity contribution in [3.63, 3.8) is 0 Å². The summed E-state index contributed by atoms with van der Waals surface area (Å²) in [5.41, 5.74) is 3.53. The lowest BCUT2D eigenvalue weighted by molar-refractivity contribution is 0.0726. The summed E-state index contributed by atoms with van der Waals surface area (Å²) in [6.45, 7) is 8.63. The van der Waals surface area contributed by atoms with E-state index >= 15 is 0 Å². The third-order valence-corrected chi connectivity index (χ3v) is 5.91. The van der Waals surface area contributed by atoms with Crippen molar-refractivity contribution < 1.29 is 4.79 Å². The Balaban J connectivity index is 1.49. The van der Waals surface area contributed by atoms with Crippen molar-refractivity contribution >= 4 is 5.91 Å². The molecule has 2 aromatic heterocycles. The number of nitrogens with one attached hydrogen (secondary N) is 1. The smallest absolute Gasteiger partial charge is 0.274 e. The Labute approximate surface area is 166 Å². The van der Waals surface area contributed by atoms with E-state index in [1.165, 1.54) is 12.8 Å². The SMILES string of the molecule is CN1CCCC[C@H]1c1ncc2c(n1)CCN(C(=O)c1cc(C(C)(C)C)[nH]n1)C2. The van der Waals surface area contributed by atoms with Crippen LogP contribution in [0.5, 0.6) is 0 Å². The minimum atomic E-state index is -0.0590. The fourth-order valence-corrected chi connectivity index (χ4v) is 4.04. The molecule has 0 aromatic carbocycles. The lowest BCUT2D eigenvalue weighted by Crippen LogP contribution is -2.37. The van der Waals surface area contributed by atoms with Gasteiger partial charge in [-0.1, -0.05) is 27.2 Å². The zero-order chi connectivity index (χ0) is 19.9. The first-order valence-corrected chi connectivity index (χ1v) is 10.2. The van der Waals surface area contributed by atoms with Crippen LogP contribution in [-0.2, 0) is 18.4 Å². The van der Waals surface area contributed by atoms with Crippen LogP contribution in [0.15, 0.2) is 12.3 Å². The Morgan fingerprint density at radius 3 is 2.79 bits per heavy atom. The molecule has 2 aromatic rings. The first-order valence-electron chi connectivity index (χ1n) is 10.2. The molecule has 7 nitrogen and oxygen atoms in total. The summed E-state index contributed by atoms with van der Waals surface area (Å²) in [4.78, 5) is 26.6. The molecule has 2 aliphatic rings. The van der Waals surface area contributed by atoms with Gasteiger partial charge < -0.3 is 4.90 Å². The fraction of sp³-hybridized carbons (Fsp3) is 0.619. The monoisotopic (exact) mass is 382 g/mol. The fourth-order valence-electron chi connectivity index (χ4n) is 4.04. The van der Waals surface area contributed by atoms with E-state index in [-0.39, 0.29) is 11.3 Å². The summed E-state index contributed by atoms with van der Waals surface area (Å²) in [6, 6.07) is 2.19. The van der Waals surface area contributed by atoms with Gasteiger partial charge in [-0.15, -0.1) is 0 Å². The maximum absolute atomic E-state index is 12.9. The number of rotatable bonds is 2. The van der Waals surface area contributed by atoms with Gasteiger partial charge in [0.25, 0.3) is 5.91 Å². The number of piperidine rings is 1. The number of amides is 1. The van der Waals surface area contributed by atoms with Gasteiger partial charge in [-0.25, -0.2) is 9.97 Å². The lowest BCUT2D eigenvalue weighted by atomic mass is 9.92. The molecule has 28 heavy (non-hydrogen) atoms. The molecule has 0 aliphatic carbocycles. The van der Waals surface area contributed by atoms with E-state index in [0.717, 1.165) is 42.2 Å². The summed E-state index contributed by atoms with van der Waals surface area (Å²) >= 11 is 0. The standard InChI is InChI=1S/C21H30N6O/c1-21(2,3)18-11-16(24-25-18)20(28)27-10-8-15-14(13-27)12-22-19(23-15)17-7-5-6-9-26(17)4/h11-12,17H,5-10,13H2,1-4H3,(H,24,25)/t17-/m0/s1. The van der Waals surface area contributed by atoms with Crippen LogP contribution in [0.4, 0.5) is 0 Å². The minimum Gasteiger partial charge on any atom is -0.332 e. The van der Waals surface area contributed by atoms with E-state index in [2.05, 4.69) is 47.9 Å². The number of aromatic amines is 1. The maximum atomic E-state index is 12.9. The van der Waals surface area contributed by atoms with Crippen LogP contribution < -0.4 is 0 Å². The highest BCUT2D eigenvalue weighted by molar-refractivity contribution is 5.92. The van der Waals surface area contributed by atoms with Crippen LogP contribution in [0.1, 0.15) is 79.3 Å². The zero-order valence-electron chi connectivity index (χ0n) is 17.3. The van der Waals surface area contributed by atoms with Crippen LogP contribution >= 0.6 is 0 Å². The van der Waals surface area contributed by atoms with Crippen molar-refractivity contribution in [1.82, 2.24) is 30.0 Å². The van der Waals surface area contributed by atoms with E-state index in [1.54, 1.807) is 0 Å². The van der Waals surface area contributed by atoms with Crippen LogP contribution in [0.25, 0.3) is 0 Å². The van der Waals surface area contributed by atoms with E-state index in [0.29, 0.717) is 24.8 Å². The Kier molecular flexibility index (Phi) is 4.95. The molecule has 1 amide bonds. The molecule has 0 radical (unpaired) electrons. The molecule has 1 fully saturated rings. The normalized spacial score (nSPS) is 20.9. The summed E-state index contributed by atoms with van der Waals surface area (Å²) in [6.07, 6.45) is 6.29. The molecule has 1 atom stereocenters. The van der Waals surface area contributed by atoms with Crippen molar-refractivity contribution in [1.29, 1.82) is 0 Å². The first kappa shape index (κ1) is 19.1. The molecule has 150 valence electrons. The number of H-pyrrole nitrogens is 1. The molecule has 0 saturated carbocycles. The van der Waals surface area contributed by atoms with E-state index < -0.39 is 0 Å². The van der Waals surface area contributed by atoms with Crippen LogP contribution in [0, 0.1) is 0 Å². The Bertz CT molecular complexity index is 868. The first-order chi connectivity index (χ1) is 13.3. The number of hydrogen-bond donors (Lipinski definition) is 1. The van der Waals surface area contributed by atoms with E-state index in [9.17, 15) is 4.79 Å². The molecule has 2 aliphatic heterocycles. The quantitative estimate of drug-likeness (QED) is 0.864. The molecule has 0 unspecified atom stereocenters. The molecule has 1 N–H and O–H groups in total. The molecule has 7 heteroatoms. The number of nitrogens with zero attached hydrogens (tertiary/aromatic N) is 5. The summed E-state index contributed by atoms with van der Waals surface area (Å²) in [7, 11) is 2.16. The lowest BCUT2D eigenvalue weighted by Gasteiger charge is -2.32. The van der Waals surface area contributed by atoms with Crippen LogP contribution in [0.2, 0.25) is 0 Å². The molecule has 4 rings (SSSR count). The van der Waals surface area contributed by atoms with Gasteiger partial charge in [-0.05, 0) is 32.5 Å². The zero-order valence-corrected chi connectivity index (χ0v) is 17.3. The van der Waals surface area contributed by atoms with E-state index in [4.69, 9.17) is 4.98 Å². The second-order valence-electron chi connectivity index (χ2n) is 9.09. The Morgan fingerprint density at radius 2 is 2.07 bits per heavy atom. The Hall–Kier alpha value is -2.28. The number of carbonyl (C=O) groups excluding carboxylic acids is 1. The van der Waals surface area contributed by atoms with Gasteiger partial charge in [0.1, 0.15) is 11.5 Å². The number of aromatic nitrogens is 4. The minimum absolute atomic E-state index is 0.0338. The average molecular weight is 383 g/mol. The second-order valence-corrected chi connectivity index (χ2v) is 9.09. The van der Waals surface area contributed by atoms with Crippen molar-refractivity contribution in [2.75, 3.05) is 20.1 Å². The molecule has 0 bridgehead atoms. The third kappa shape index (κ3) is 3.68. The second kappa shape index (κ2) is 7.28. The van der Waals surface area contributed by atoms with Gasteiger partial charge in [0.2, 0.25) is 0 Å². The average Bonchev–Trinajstić information content (AvgIpc) is 3.18. The molecule has 4 heterocycles. The maximum Gasteiger partial charge on any atom is 0.274 e. The number of carbonyl (C=O) groups is 1. The highest BCUT2D eigenvalue weighted by Gasteiger charge is 2.28. The predicted molar refractivity (Wildman–Crippen MR) is 107 cm³/mol. The van der Waals surface area contributed by atoms with Gasteiger partial charge in [-0.3, -0.25) is 14.8 Å². The van der Waals surface area contributed by atoms with E-state index in [1.807, 2.05) is 17.2 Å². The van der Waals surface area contributed by atoms with Crippen molar-refractivity contribution in [3.8, 4) is 0 Å². The predicted octanol–water partition coefficient (Wildman–Crippen LogP) is 2.85. The molecule has 0 spiro atoms. The summed E-state index contributed by atoms with van der Waals surface area (Å²) in [5.74, 6) is 0.899. The van der Waals surface area contributed by atoms with Gasteiger partial charge in [-0.2, -0.15) is 5.10 Å². The number of hydrogen-bond acceptors (Lipinski definition) is 5. The van der Waals surface area contributed by atoms with Gasteiger partial charge in [0.15, 0.2) is 0 Å².